The standard InChI is InChI=1S/C21H22BrN3O3S/c1-20(2,3)21(18-23-14-9-15(22)29-16(14)17(26)24-18)10-13(11-25(21)19(27)28)12-7-5-4-6-8-12/h4-9,13H,10-11H2,1-3H3,(H,27,28)(H,23,24,26)/t13-,21+/m0/s1. The first-order valence-corrected chi connectivity index (χ1v) is 11.0. The van der Waals surface area contributed by atoms with Gasteiger partial charge in [-0.15, -0.1) is 11.3 Å². The summed E-state index contributed by atoms with van der Waals surface area (Å²) < 4.78 is 1.35. The van der Waals surface area contributed by atoms with Gasteiger partial charge in [0.15, 0.2) is 0 Å². The fraction of sp³-hybridized carbons (Fsp3) is 0.381. The number of fused-ring (bicyclic) bond motifs is 1. The molecule has 152 valence electrons. The van der Waals surface area contributed by atoms with Crippen LogP contribution in [0.5, 0.6) is 0 Å². The van der Waals surface area contributed by atoms with Gasteiger partial charge in [-0.3, -0.25) is 9.69 Å². The Morgan fingerprint density at radius 3 is 2.66 bits per heavy atom. The Kier molecular flexibility index (Phi) is 4.82. The van der Waals surface area contributed by atoms with Gasteiger partial charge in [0.2, 0.25) is 0 Å². The average molecular weight is 476 g/mol. The number of carbonyl (C=O) groups is 1. The molecule has 29 heavy (non-hydrogen) atoms. The quantitative estimate of drug-likeness (QED) is 0.535. The van der Waals surface area contributed by atoms with Gasteiger partial charge < -0.3 is 10.1 Å². The number of nitrogens with zero attached hydrogens (tertiary/aromatic N) is 2. The highest BCUT2D eigenvalue weighted by Crippen LogP contribution is 2.54. The lowest BCUT2D eigenvalue weighted by atomic mass is 9.69. The molecule has 3 aromatic rings. The Hall–Kier alpha value is -2.19. The zero-order chi connectivity index (χ0) is 21.0. The first-order valence-electron chi connectivity index (χ1n) is 9.39. The highest BCUT2D eigenvalue weighted by molar-refractivity contribution is 9.11. The van der Waals surface area contributed by atoms with Crippen molar-refractivity contribution in [2.24, 2.45) is 5.41 Å². The van der Waals surface area contributed by atoms with Crippen molar-refractivity contribution in [1.29, 1.82) is 0 Å². The van der Waals surface area contributed by atoms with Crippen molar-refractivity contribution in [1.82, 2.24) is 14.9 Å². The summed E-state index contributed by atoms with van der Waals surface area (Å²) in [5, 5.41) is 10.1. The van der Waals surface area contributed by atoms with Crippen molar-refractivity contribution in [3.8, 4) is 0 Å². The van der Waals surface area contributed by atoms with Crippen molar-refractivity contribution in [3.05, 3.63) is 61.9 Å². The third kappa shape index (κ3) is 3.18. The zero-order valence-corrected chi connectivity index (χ0v) is 18.8. The molecule has 1 saturated heterocycles. The molecule has 0 unspecified atom stereocenters. The predicted octanol–water partition coefficient (Wildman–Crippen LogP) is 5.16. The van der Waals surface area contributed by atoms with E-state index in [0.29, 0.717) is 29.0 Å². The van der Waals surface area contributed by atoms with Crippen molar-refractivity contribution >= 4 is 43.6 Å². The summed E-state index contributed by atoms with van der Waals surface area (Å²) in [7, 11) is 0. The van der Waals surface area contributed by atoms with E-state index in [1.54, 1.807) is 0 Å². The Labute approximate surface area is 180 Å². The zero-order valence-electron chi connectivity index (χ0n) is 16.4. The molecule has 2 N–H and O–H groups in total. The molecule has 1 fully saturated rings. The van der Waals surface area contributed by atoms with Crippen LogP contribution in [0.2, 0.25) is 0 Å². The second-order valence-electron chi connectivity index (χ2n) is 8.49. The lowest BCUT2D eigenvalue weighted by Crippen LogP contribution is -2.54. The third-order valence-electron chi connectivity index (χ3n) is 5.89. The highest BCUT2D eigenvalue weighted by Gasteiger charge is 2.58. The number of halogens is 1. The summed E-state index contributed by atoms with van der Waals surface area (Å²) in [5.74, 6) is 0.426. The van der Waals surface area contributed by atoms with E-state index in [1.165, 1.54) is 16.2 Å². The van der Waals surface area contributed by atoms with Gasteiger partial charge in [-0.2, -0.15) is 0 Å². The molecule has 1 amide bonds. The first kappa shape index (κ1) is 20.1. The van der Waals surface area contributed by atoms with Gasteiger partial charge in [-0.1, -0.05) is 51.1 Å². The Morgan fingerprint density at radius 1 is 1.34 bits per heavy atom. The van der Waals surface area contributed by atoms with E-state index in [-0.39, 0.29) is 11.5 Å². The van der Waals surface area contributed by atoms with E-state index in [9.17, 15) is 14.7 Å². The molecule has 1 aliphatic heterocycles. The van der Waals surface area contributed by atoms with Gasteiger partial charge in [0.05, 0.1) is 9.30 Å². The van der Waals surface area contributed by atoms with Gasteiger partial charge in [-0.25, -0.2) is 9.78 Å². The molecular weight excluding hydrogens is 454 g/mol. The first-order chi connectivity index (χ1) is 13.6. The van der Waals surface area contributed by atoms with Gasteiger partial charge in [0, 0.05) is 12.5 Å². The molecule has 0 spiro atoms. The number of thiophene rings is 1. The van der Waals surface area contributed by atoms with Crippen molar-refractivity contribution in [3.63, 3.8) is 0 Å². The molecule has 6 nitrogen and oxygen atoms in total. The molecule has 0 radical (unpaired) electrons. The molecule has 0 saturated carbocycles. The van der Waals surface area contributed by atoms with Crippen molar-refractivity contribution in [2.75, 3.05) is 6.54 Å². The van der Waals surface area contributed by atoms with Crippen LogP contribution in [0, 0.1) is 5.41 Å². The van der Waals surface area contributed by atoms with E-state index in [1.807, 2.05) is 57.2 Å². The summed E-state index contributed by atoms with van der Waals surface area (Å²) in [4.78, 5) is 34.3. The Morgan fingerprint density at radius 2 is 2.03 bits per heavy atom. The van der Waals surface area contributed by atoms with E-state index >= 15 is 0 Å². The molecule has 2 atom stereocenters. The lowest BCUT2D eigenvalue weighted by molar-refractivity contribution is 0.0211. The smallest absolute Gasteiger partial charge is 0.408 e. The number of likely N-dealkylation sites (tertiary alicyclic amines) is 1. The normalized spacial score (nSPS) is 22.3. The van der Waals surface area contributed by atoms with Crippen LogP contribution >= 0.6 is 27.3 Å². The number of carboxylic acid groups (broad SMARTS) is 1. The number of hydrogen-bond donors (Lipinski definition) is 2. The van der Waals surface area contributed by atoms with Gasteiger partial charge in [-0.05, 0) is 39.4 Å². The van der Waals surface area contributed by atoms with Gasteiger partial charge in [0.1, 0.15) is 16.1 Å². The summed E-state index contributed by atoms with van der Waals surface area (Å²) in [6.07, 6.45) is -0.459. The maximum atomic E-state index is 12.8. The van der Waals surface area contributed by atoms with Crippen LogP contribution in [0.1, 0.15) is 44.5 Å². The number of aromatic nitrogens is 2. The minimum atomic E-state index is -1.01. The summed E-state index contributed by atoms with van der Waals surface area (Å²) in [5.41, 5.74) is -0.0189. The minimum Gasteiger partial charge on any atom is -0.465 e. The Balaban J connectivity index is 1.95. The van der Waals surface area contributed by atoms with Crippen LogP contribution in [-0.4, -0.2) is 32.6 Å². The number of hydrogen-bond acceptors (Lipinski definition) is 4. The maximum Gasteiger partial charge on any atom is 0.408 e. The van der Waals surface area contributed by atoms with Crippen molar-refractivity contribution < 1.29 is 9.90 Å². The molecule has 0 aliphatic carbocycles. The van der Waals surface area contributed by atoms with Gasteiger partial charge in [0.25, 0.3) is 5.56 Å². The number of aromatic amines is 1. The number of nitrogens with one attached hydrogen (secondary N) is 1. The molecule has 1 aromatic carbocycles. The molecule has 1 aliphatic rings. The summed E-state index contributed by atoms with van der Waals surface area (Å²) in [6, 6.07) is 11.7. The van der Waals surface area contributed by atoms with Crippen LogP contribution in [0.25, 0.3) is 10.2 Å². The van der Waals surface area contributed by atoms with Crippen molar-refractivity contribution in [2.45, 2.75) is 38.6 Å². The predicted molar refractivity (Wildman–Crippen MR) is 118 cm³/mol. The van der Waals surface area contributed by atoms with E-state index in [0.717, 1.165) is 9.35 Å². The molecular formula is C21H22BrN3O3S. The molecule has 3 heterocycles. The molecule has 0 bridgehead atoms. The second kappa shape index (κ2) is 6.95. The van der Waals surface area contributed by atoms with Gasteiger partial charge >= 0.3 is 6.09 Å². The lowest BCUT2D eigenvalue weighted by Gasteiger charge is -2.45. The average Bonchev–Trinajstić information content (AvgIpc) is 3.23. The maximum absolute atomic E-state index is 12.8. The number of benzene rings is 1. The monoisotopic (exact) mass is 475 g/mol. The van der Waals surface area contributed by atoms with Crippen LogP contribution < -0.4 is 5.56 Å². The van der Waals surface area contributed by atoms with E-state index in [2.05, 4.69) is 20.9 Å². The third-order valence-corrected chi connectivity index (χ3v) is 7.52. The second-order valence-corrected chi connectivity index (χ2v) is 10.9. The van der Waals surface area contributed by atoms with Crippen LogP contribution in [-0.2, 0) is 5.54 Å². The number of amides is 1. The van der Waals surface area contributed by atoms with Crippen LogP contribution in [0.3, 0.4) is 0 Å². The topological polar surface area (TPSA) is 86.3 Å². The fourth-order valence-electron chi connectivity index (χ4n) is 4.49. The Bertz CT molecular complexity index is 1140. The number of H-pyrrole nitrogens is 1. The highest BCUT2D eigenvalue weighted by atomic mass is 79.9. The summed E-state index contributed by atoms with van der Waals surface area (Å²) >= 11 is 4.74. The van der Waals surface area contributed by atoms with E-state index in [4.69, 9.17) is 4.98 Å². The van der Waals surface area contributed by atoms with Crippen LogP contribution in [0.4, 0.5) is 4.79 Å². The van der Waals surface area contributed by atoms with Crippen LogP contribution in [0.15, 0.2) is 45.0 Å². The SMILES string of the molecule is CC(C)(C)[C@]1(c2nc3cc(Br)sc3c(=O)[nH]2)C[C@H](c2ccccc2)CN1C(=O)O. The fourth-order valence-corrected chi connectivity index (χ4v) is 5.92. The molecule has 2 aromatic heterocycles. The summed E-state index contributed by atoms with van der Waals surface area (Å²) in [6.45, 7) is 6.36. The van der Waals surface area contributed by atoms with E-state index < -0.39 is 17.0 Å². The molecule has 4 rings (SSSR count). The molecule has 8 heteroatoms. The largest absolute Gasteiger partial charge is 0.465 e. The number of rotatable bonds is 2. The minimum absolute atomic E-state index is 0.0155.